The van der Waals surface area contributed by atoms with Gasteiger partial charge in [0.2, 0.25) is 5.75 Å². The minimum Gasteiger partial charge on any atom is -0.508 e. The molecule has 2 aromatic carbocycles. The molecule has 0 saturated carbocycles. The normalized spacial score (nSPS) is 17.6. The Morgan fingerprint density at radius 3 is 2.42 bits per heavy atom. The lowest BCUT2D eigenvalue weighted by atomic mass is 9.97. The van der Waals surface area contributed by atoms with E-state index >= 15 is 0 Å². The predicted molar refractivity (Wildman–Crippen MR) is 69.6 cm³/mol. The first-order valence-corrected chi connectivity index (χ1v) is 6.14. The van der Waals surface area contributed by atoms with Gasteiger partial charge in [-0.15, -0.1) is 0 Å². The van der Waals surface area contributed by atoms with Crippen molar-refractivity contribution >= 4 is 0 Å². The van der Waals surface area contributed by atoms with Crippen molar-refractivity contribution in [2.75, 3.05) is 0 Å². The average molecular weight is 258 g/mol. The molecule has 0 saturated heterocycles. The van der Waals surface area contributed by atoms with Gasteiger partial charge in [-0.3, -0.25) is 0 Å². The zero-order valence-corrected chi connectivity index (χ0v) is 10.2. The van der Waals surface area contributed by atoms with Crippen molar-refractivity contribution in [3.05, 3.63) is 47.5 Å². The minimum atomic E-state index is -0.207. The lowest BCUT2D eigenvalue weighted by molar-refractivity contribution is 0.167. The molecule has 3 N–H and O–H groups in total. The van der Waals surface area contributed by atoms with Crippen LogP contribution in [0.2, 0.25) is 0 Å². The second-order valence-electron chi connectivity index (χ2n) is 4.66. The summed E-state index contributed by atoms with van der Waals surface area (Å²) in [7, 11) is 0. The number of rotatable bonds is 1. The van der Waals surface area contributed by atoms with E-state index in [1.807, 2.05) is 0 Å². The van der Waals surface area contributed by atoms with Crippen LogP contribution >= 0.6 is 0 Å². The Labute approximate surface area is 110 Å². The second-order valence-corrected chi connectivity index (χ2v) is 4.66. The van der Waals surface area contributed by atoms with E-state index in [4.69, 9.17) is 4.74 Å². The molecule has 98 valence electrons. The van der Waals surface area contributed by atoms with E-state index < -0.39 is 0 Å². The van der Waals surface area contributed by atoms with Crippen LogP contribution in [0.3, 0.4) is 0 Å². The van der Waals surface area contributed by atoms with Crippen LogP contribution in [0, 0.1) is 0 Å². The Morgan fingerprint density at radius 2 is 1.68 bits per heavy atom. The number of hydrogen-bond donors (Lipinski definition) is 3. The maximum Gasteiger partial charge on any atom is 0.200 e. The molecule has 0 radical (unpaired) electrons. The molecule has 4 nitrogen and oxygen atoms in total. The number of phenols is 3. The minimum absolute atomic E-state index is 0.176. The second kappa shape index (κ2) is 4.39. The molecule has 1 aliphatic heterocycles. The van der Waals surface area contributed by atoms with Crippen molar-refractivity contribution in [3.8, 4) is 23.0 Å². The quantitative estimate of drug-likeness (QED) is 0.688. The van der Waals surface area contributed by atoms with Gasteiger partial charge in [-0.05, 0) is 42.2 Å². The Bertz CT molecular complexity index is 604. The highest BCUT2D eigenvalue weighted by atomic mass is 16.5. The van der Waals surface area contributed by atoms with Gasteiger partial charge in [0.25, 0.3) is 0 Å². The maximum atomic E-state index is 9.84. The number of ether oxygens (including phenoxy) is 1. The average Bonchev–Trinajstić information content (AvgIpc) is 2.44. The highest BCUT2D eigenvalue weighted by Crippen LogP contribution is 2.44. The molecular weight excluding hydrogens is 244 g/mol. The topological polar surface area (TPSA) is 69.9 Å². The summed E-state index contributed by atoms with van der Waals surface area (Å²) in [5.41, 5.74) is 1.83. The molecule has 1 atom stereocenters. The molecule has 1 aliphatic rings. The number of benzene rings is 2. The van der Waals surface area contributed by atoms with Crippen LogP contribution in [-0.4, -0.2) is 15.3 Å². The van der Waals surface area contributed by atoms with Crippen LogP contribution in [-0.2, 0) is 6.42 Å². The fourth-order valence-electron chi connectivity index (χ4n) is 2.34. The number of phenolic OH excluding ortho intramolecular Hbond substituents is 3. The Hall–Kier alpha value is -2.36. The monoisotopic (exact) mass is 258 g/mol. The molecule has 0 bridgehead atoms. The van der Waals surface area contributed by atoms with Crippen LogP contribution in [0.1, 0.15) is 23.7 Å². The third-order valence-electron chi connectivity index (χ3n) is 3.39. The Morgan fingerprint density at radius 1 is 0.947 bits per heavy atom. The molecule has 0 fully saturated rings. The number of fused-ring (bicyclic) bond motifs is 1. The first-order chi connectivity index (χ1) is 9.15. The first kappa shape index (κ1) is 11.7. The molecule has 1 heterocycles. The lowest BCUT2D eigenvalue weighted by Crippen LogP contribution is -2.15. The number of aryl methyl sites for hydroxylation is 1. The lowest BCUT2D eigenvalue weighted by Gasteiger charge is -2.27. The third-order valence-corrected chi connectivity index (χ3v) is 3.39. The number of aromatic hydroxyl groups is 3. The van der Waals surface area contributed by atoms with E-state index in [1.165, 1.54) is 6.07 Å². The van der Waals surface area contributed by atoms with Crippen LogP contribution < -0.4 is 4.74 Å². The van der Waals surface area contributed by atoms with Crippen molar-refractivity contribution in [2.24, 2.45) is 0 Å². The van der Waals surface area contributed by atoms with Crippen LogP contribution in [0.15, 0.2) is 36.4 Å². The molecule has 0 aliphatic carbocycles. The standard InChI is InChI=1S/C15H14O4/c16-11-5-1-9(2-6-11)13-8-4-10-3-7-12(17)14(18)15(10)19-13/h1-3,5-7,13,16-18H,4,8H2. The highest BCUT2D eigenvalue weighted by molar-refractivity contribution is 5.55. The van der Waals surface area contributed by atoms with Gasteiger partial charge in [0.1, 0.15) is 11.9 Å². The van der Waals surface area contributed by atoms with Crippen molar-refractivity contribution in [1.82, 2.24) is 0 Å². The van der Waals surface area contributed by atoms with Crippen LogP contribution in [0.4, 0.5) is 0 Å². The van der Waals surface area contributed by atoms with Crippen molar-refractivity contribution < 1.29 is 20.1 Å². The molecule has 0 amide bonds. The molecule has 3 rings (SSSR count). The van der Waals surface area contributed by atoms with Crippen molar-refractivity contribution in [3.63, 3.8) is 0 Å². The SMILES string of the molecule is Oc1ccc(C2CCc3ccc(O)c(O)c3O2)cc1. The predicted octanol–water partition coefficient (Wildman–Crippen LogP) is 2.87. The maximum absolute atomic E-state index is 9.84. The summed E-state index contributed by atoms with van der Waals surface area (Å²) in [4.78, 5) is 0. The van der Waals surface area contributed by atoms with Gasteiger partial charge in [-0.2, -0.15) is 0 Å². The molecule has 2 aromatic rings. The molecule has 0 aromatic heterocycles. The van der Waals surface area contributed by atoms with Crippen LogP contribution in [0.5, 0.6) is 23.0 Å². The molecule has 19 heavy (non-hydrogen) atoms. The van der Waals surface area contributed by atoms with Gasteiger partial charge < -0.3 is 20.1 Å². The third kappa shape index (κ3) is 2.05. The van der Waals surface area contributed by atoms with Gasteiger partial charge >= 0.3 is 0 Å². The zero-order valence-electron chi connectivity index (χ0n) is 10.2. The van der Waals surface area contributed by atoms with E-state index in [9.17, 15) is 15.3 Å². The smallest absolute Gasteiger partial charge is 0.200 e. The fraction of sp³-hybridized carbons (Fsp3) is 0.200. The summed E-state index contributed by atoms with van der Waals surface area (Å²) in [5, 5.41) is 28.6. The van der Waals surface area contributed by atoms with E-state index in [0.29, 0.717) is 5.75 Å². The number of hydrogen-bond acceptors (Lipinski definition) is 4. The van der Waals surface area contributed by atoms with Crippen LogP contribution in [0.25, 0.3) is 0 Å². The molecule has 0 spiro atoms. The van der Waals surface area contributed by atoms with Gasteiger partial charge in [-0.25, -0.2) is 0 Å². The first-order valence-electron chi connectivity index (χ1n) is 6.14. The Kier molecular flexibility index (Phi) is 2.71. The largest absolute Gasteiger partial charge is 0.508 e. The van der Waals surface area contributed by atoms with Crippen molar-refractivity contribution in [1.29, 1.82) is 0 Å². The van der Waals surface area contributed by atoms with E-state index in [-0.39, 0.29) is 23.4 Å². The summed E-state index contributed by atoms with van der Waals surface area (Å²) in [6.07, 6.45) is 1.39. The van der Waals surface area contributed by atoms with E-state index in [1.54, 1.807) is 30.3 Å². The zero-order chi connectivity index (χ0) is 13.4. The van der Waals surface area contributed by atoms with Gasteiger partial charge in [0.15, 0.2) is 11.5 Å². The van der Waals surface area contributed by atoms with E-state index in [0.717, 1.165) is 24.0 Å². The summed E-state index contributed by atoms with van der Waals surface area (Å²) in [6, 6.07) is 10.0. The highest BCUT2D eigenvalue weighted by Gasteiger charge is 2.25. The van der Waals surface area contributed by atoms with Gasteiger partial charge in [-0.1, -0.05) is 18.2 Å². The molecule has 4 heteroatoms. The van der Waals surface area contributed by atoms with E-state index in [2.05, 4.69) is 0 Å². The summed E-state index contributed by atoms with van der Waals surface area (Å²) >= 11 is 0. The van der Waals surface area contributed by atoms with Crippen molar-refractivity contribution in [2.45, 2.75) is 18.9 Å². The summed E-state index contributed by atoms with van der Waals surface area (Å²) in [6.45, 7) is 0. The molecular formula is C15H14O4. The fourth-order valence-corrected chi connectivity index (χ4v) is 2.34. The van der Waals surface area contributed by atoms with Gasteiger partial charge in [0.05, 0.1) is 0 Å². The molecule has 1 unspecified atom stereocenters. The summed E-state index contributed by atoms with van der Waals surface area (Å²) in [5.74, 6) is 0.177. The van der Waals surface area contributed by atoms with Gasteiger partial charge in [0, 0.05) is 0 Å². The Balaban J connectivity index is 1.93. The summed E-state index contributed by atoms with van der Waals surface area (Å²) < 4.78 is 5.78.